The molecule has 0 aliphatic heterocycles. The number of aliphatic hydroxyl groups is 1. The molecular formula is C11H21N3O2. The molecule has 92 valence electrons. The van der Waals surface area contributed by atoms with Crippen molar-refractivity contribution in [3.05, 3.63) is 11.9 Å². The van der Waals surface area contributed by atoms with Crippen molar-refractivity contribution in [2.45, 2.75) is 45.8 Å². The van der Waals surface area contributed by atoms with Crippen molar-refractivity contribution >= 4 is 0 Å². The number of rotatable bonds is 7. The zero-order valence-corrected chi connectivity index (χ0v) is 10.3. The molecule has 1 rings (SSSR count). The van der Waals surface area contributed by atoms with Gasteiger partial charge in [-0.25, -0.2) is 4.68 Å². The van der Waals surface area contributed by atoms with E-state index in [1.807, 2.05) is 20.0 Å². The Labute approximate surface area is 96.4 Å². The van der Waals surface area contributed by atoms with E-state index in [9.17, 15) is 0 Å². The van der Waals surface area contributed by atoms with Crippen LogP contribution >= 0.6 is 0 Å². The summed E-state index contributed by atoms with van der Waals surface area (Å²) < 4.78 is 7.45. The Hall–Kier alpha value is -0.940. The minimum Gasteiger partial charge on any atom is -0.396 e. The number of hydrogen-bond acceptors (Lipinski definition) is 4. The van der Waals surface area contributed by atoms with Gasteiger partial charge in [-0.05, 0) is 26.7 Å². The maximum absolute atomic E-state index is 8.85. The lowest BCUT2D eigenvalue weighted by Crippen LogP contribution is -2.27. The topological polar surface area (TPSA) is 60.2 Å². The number of nitrogens with zero attached hydrogens (tertiary/aromatic N) is 3. The summed E-state index contributed by atoms with van der Waals surface area (Å²) in [5, 5.41) is 16.8. The van der Waals surface area contributed by atoms with Crippen LogP contribution in [0.4, 0.5) is 0 Å². The quantitative estimate of drug-likeness (QED) is 0.755. The third kappa shape index (κ3) is 4.28. The van der Waals surface area contributed by atoms with Crippen LogP contribution in [0.1, 0.15) is 32.9 Å². The highest BCUT2D eigenvalue weighted by Gasteiger charge is 2.17. The van der Waals surface area contributed by atoms with Gasteiger partial charge in [0.15, 0.2) is 0 Å². The van der Waals surface area contributed by atoms with Crippen LogP contribution in [-0.2, 0) is 17.7 Å². The fraction of sp³-hybridized carbons (Fsp3) is 0.818. The number of aryl methyl sites for hydroxylation is 1. The van der Waals surface area contributed by atoms with Crippen LogP contribution in [0.25, 0.3) is 0 Å². The lowest BCUT2D eigenvalue weighted by Gasteiger charge is -2.24. The lowest BCUT2D eigenvalue weighted by molar-refractivity contribution is -0.0367. The highest BCUT2D eigenvalue weighted by molar-refractivity contribution is 4.90. The molecule has 0 bridgehead atoms. The molecule has 1 heterocycles. The molecule has 0 spiro atoms. The Morgan fingerprint density at radius 2 is 2.25 bits per heavy atom. The molecule has 1 aromatic heterocycles. The first-order chi connectivity index (χ1) is 7.57. The molecule has 0 radical (unpaired) electrons. The van der Waals surface area contributed by atoms with Crippen molar-refractivity contribution in [3.63, 3.8) is 0 Å². The van der Waals surface area contributed by atoms with Gasteiger partial charge >= 0.3 is 0 Å². The lowest BCUT2D eigenvalue weighted by atomic mass is 10.1. The van der Waals surface area contributed by atoms with E-state index in [1.54, 1.807) is 4.68 Å². The maximum Gasteiger partial charge on any atom is 0.0824 e. The van der Waals surface area contributed by atoms with Crippen LogP contribution in [0.3, 0.4) is 0 Å². The molecule has 0 fully saturated rings. The summed E-state index contributed by atoms with van der Waals surface area (Å²) in [7, 11) is 0. The standard InChI is InChI=1S/C11H21N3O2/c1-4-10-9-14(13-12-10)6-8-16-11(2,3)5-7-15/h9,15H,4-8H2,1-3H3. The summed E-state index contributed by atoms with van der Waals surface area (Å²) >= 11 is 0. The molecule has 0 unspecified atom stereocenters. The van der Waals surface area contributed by atoms with Gasteiger partial charge in [0.25, 0.3) is 0 Å². The van der Waals surface area contributed by atoms with E-state index in [-0.39, 0.29) is 12.2 Å². The Morgan fingerprint density at radius 1 is 1.50 bits per heavy atom. The van der Waals surface area contributed by atoms with Crippen LogP contribution in [-0.4, -0.2) is 38.9 Å². The molecule has 5 nitrogen and oxygen atoms in total. The van der Waals surface area contributed by atoms with Gasteiger partial charge in [0, 0.05) is 12.8 Å². The van der Waals surface area contributed by atoms with E-state index < -0.39 is 0 Å². The molecule has 0 aliphatic rings. The Bertz CT molecular complexity index is 310. The van der Waals surface area contributed by atoms with Gasteiger partial charge in [0.2, 0.25) is 0 Å². The summed E-state index contributed by atoms with van der Waals surface area (Å²) in [6, 6.07) is 0. The molecule has 1 N–H and O–H groups in total. The van der Waals surface area contributed by atoms with Crippen molar-refractivity contribution in [2.75, 3.05) is 13.2 Å². The van der Waals surface area contributed by atoms with E-state index in [1.165, 1.54) is 0 Å². The predicted octanol–water partition coefficient (Wildman–Crippen LogP) is 1.02. The SMILES string of the molecule is CCc1cn(CCOC(C)(C)CCO)nn1. The zero-order chi connectivity index (χ0) is 12.0. The van der Waals surface area contributed by atoms with Gasteiger partial charge in [0.1, 0.15) is 0 Å². The summed E-state index contributed by atoms with van der Waals surface area (Å²) in [5.74, 6) is 0. The van der Waals surface area contributed by atoms with Crippen molar-refractivity contribution < 1.29 is 9.84 Å². The Balaban J connectivity index is 2.29. The summed E-state index contributed by atoms with van der Waals surface area (Å²) in [5.41, 5.74) is 0.720. The number of aromatic nitrogens is 3. The van der Waals surface area contributed by atoms with E-state index in [0.29, 0.717) is 19.6 Å². The van der Waals surface area contributed by atoms with Crippen LogP contribution in [0.5, 0.6) is 0 Å². The zero-order valence-electron chi connectivity index (χ0n) is 10.3. The van der Waals surface area contributed by atoms with Crippen LogP contribution in [0.15, 0.2) is 6.20 Å². The number of aliphatic hydroxyl groups excluding tert-OH is 1. The van der Waals surface area contributed by atoms with Crippen molar-refractivity contribution in [1.82, 2.24) is 15.0 Å². The largest absolute Gasteiger partial charge is 0.396 e. The van der Waals surface area contributed by atoms with E-state index >= 15 is 0 Å². The minimum absolute atomic E-state index is 0.149. The fourth-order valence-corrected chi connectivity index (χ4v) is 1.37. The van der Waals surface area contributed by atoms with E-state index in [0.717, 1.165) is 12.1 Å². The van der Waals surface area contributed by atoms with E-state index in [4.69, 9.17) is 9.84 Å². The highest BCUT2D eigenvalue weighted by Crippen LogP contribution is 2.13. The van der Waals surface area contributed by atoms with Gasteiger partial charge in [-0.2, -0.15) is 0 Å². The first-order valence-corrected chi connectivity index (χ1v) is 5.71. The molecule has 0 saturated heterocycles. The molecule has 0 aromatic carbocycles. The smallest absolute Gasteiger partial charge is 0.0824 e. The van der Waals surface area contributed by atoms with Gasteiger partial charge in [-0.1, -0.05) is 12.1 Å². The summed E-state index contributed by atoms with van der Waals surface area (Å²) in [6.07, 6.45) is 3.48. The molecular weight excluding hydrogens is 206 g/mol. The maximum atomic E-state index is 8.85. The number of hydrogen-bond donors (Lipinski definition) is 1. The molecule has 0 saturated carbocycles. The molecule has 1 aromatic rings. The van der Waals surface area contributed by atoms with Gasteiger partial charge in [-0.15, -0.1) is 5.10 Å². The van der Waals surface area contributed by atoms with Crippen molar-refractivity contribution in [3.8, 4) is 0 Å². The second-order valence-electron chi connectivity index (χ2n) is 4.41. The second kappa shape index (κ2) is 5.96. The van der Waals surface area contributed by atoms with Gasteiger partial charge < -0.3 is 9.84 Å². The van der Waals surface area contributed by atoms with Gasteiger partial charge in [0.05, 0.1) is 24.4 Å². The van der Waals surface area contributed by atoms with Crippen LogP contribution in [0, 0.1) is 0 Å². The van der Waals surface area contributed by atoms with E-state index in [2.05, 4.69) is 17.2 Å². The van der Waals surface area contributed by atoms with Crippen LogP contribution in [0.2, 0.25) is 0 Å². The first kappa shape index (κ1) is 13.1. The molecule has 0 amide bonds. The third-order valence-electron chi connectivity index (χ3n) is 2.48. The first-order valence-electron chi connectivity index (χ1n) is 5.71. The monoisotopic (exact) mass is 227 g/mol. The van der Waals surface area contributed by atoms with Gasteiger partial charge in [-0.3, -0.25) is 0 Å². The fourth-order valence-electron chi connectivity index (χ4n) is 1.37. The summed E-state index contributed by atoms with van der Waals surface area (Å²) in [4.78, 5) is 0. The summed E-state index contributed by atoms with van der Waals surface area (Å²) in [6.45, 7) is 7.43. The predicted molar refractivity (Wildman–Crippen MR) is 61.1 cm³/mol. The Morgan fingerprint density at radius 3 is 2.81 bits per heavy atom. The highest BCUT2D eigenvalue weighted by atomic mass is 16.5. The molecule has 16 heavy (non-hydrogen) atoms. The van der Waals surface area contributed by atoms with Crippen LogP contribution < -0.4 is 0 Å². The van der Waals surface area contributed by atoms with Crippen molar-refractivity contribution in [1.29, 1.82) is 0 Å². The molecule has 0 aliphatic carbocycles. The normalized spacial score (nSPS) is 12.0. The van der Waals surface area contributed by atoms with Crippen molar-refractivity contribution in [2.24, 2.45) is 0 Å². The Kier molecular flexibility index (Phi) is 4.89. The molecule has 5 heteroatoms. The average Bonchev–Trinajstić information content (AvgIpc) is 2.65. The number of ether oxygens (including phenoxy) is 1. The second-order valence-corrected chi connectivity index (χ2v) is 4.41. The minimum atomic E-state index is -0.275. The average molecular weight is 227 g/mol. The molecule has 0 atom stereocenters. The third-order valence-corrected chi connectivity index (χ3v) is 2.48.